The van der Waals surface area contributed by atoms with Gasteiger partial charge in [-0.2, -0.15) is 0 Å². The van der Waals surface area contributed by atoms with Gasteiger partial charge in [-0.25, -0.2) is 8.78 Å². The number of hydrogen-bond acceptors (Lipinski definition) is 3. The largest absolute Gasteiger partial charge is 0.409 e. The number of oxime groups is 1. The van der Waals surface area contributed by atoms with E-state index in [4.69, 9.17) is 10.9 Å². The molecule has 0 radical (unpaired) electrons. The van der Waals surface area contributed by atoms with E-state index in [0.717, 1.165) is 12.1 Å². The van der Waals surface area contributed by atoms with E-state index in [9.17, 15) is 13.6 Å². The summed E-state index contributed by atoms with van der Waals surface area (Å²) in [6.07, 6.45) is 0.117. The lowest BCUT2D eigenvalue weighted by atomic mass is 10.1. The molecule has 1 aromatic carbocycles. The summed E-state index contributed by atoms with van der Waals surface area (Å²) < 4.78 is 27.0. The van der Waals surface area contributed by atoms with Crippen molar-refractivity contribution in [2.75, 3.05) is 13.1 Å². The molecule has 19 heavy (non-hydrogen) atoms. The topological polar surface area (TPSA) is 78.9 Å². The fourth-order valence-electron chi connectivity index (χ4n) is 1.56. The van der Waals surface area contributed by atoms with E-state index in [2.05, 4.69) is 5.16 Å². The van der Waals surface area contributed by atoms with Crippen LogP contribution in [-0.2, 0) is 0 Å². The van der Waals surface area contributed by atoms with E-state index in [0.29, 0.717) is 0 Å². The van der Waals surface area contributed by atoms with Crippen molar-refractivity contribution in [1.82, 2.24) is 4.90 Å². The summed E-state index contributed by atoms with van der Waals surface area (Å²) in [6.45, 7) is 2.03. The first-order valence-corrected chi connectivity index (χ1v) is 5.71. The Balaban J connectivity index is 2.90. The maximum atomic E-state index is 13.5. The molecular formula is C12H15F2N3O2. The number of amidine groups is 1. The molecule has 7 heteroatoms. The molecule has 0 saturated heterocycles. The van der Waals surface area contributed by atoms with Crippen molar-refractivity contribution in [2.45, 2.75) is 13.3 Å². The monoisotopic (exact) mass is 271 g/mol. The van der Waals surface area contributed by atoms with Crippen LogP contribution in [0.2, 0.25) is 0 Å². The maximum Gasteiger partial charge on any atom is 0.259 e. The molecule has 1 amide bonds. The van der Waals surface area contributed by atoms with Crippen LogP contribution in [0.1, 0.15) is 23.7 Å². The van der Waals surface area contributed by atoms with Crippen molar-refractivity contribution in [3.63, 3.8) is 0 Å². The minimum absolute atomic E-state index is 0.0553. The van der Waals surface area contributed by atoms with Gasteiger partial charge in [0.25, 0.3) is 5.91 Å². The second-order valence-corrected chi connectivity index (χ2v) is 3.82. The lowest BCUT2D eigenvalue weighted by molar-refractivity contribution is 0.0758. The number of carbonyl (C=O) groups is 1. The molecule has 0 heterocycles. The zero-order chi connectivity index (χ0) is 14.4. The van der Waals surface area contributed by atoms with Gasteiger partial charge >= 0.3 is 0 Å². The van der Waals surface area contributed by atoms with E-state index in [1.807, 2.05) is 0 Å². The van der Waals surface area contributed by atoms with Crippen molar-refractivity contribution in [3.8, 4) is 0 Å². The number of nitrogens with zero attached hydrogens (tertiary/aromatic N) is 2. The highest BCUT2D eigenvalue weighted by Crippen LogP contribution is 2.14. The van der Waals surface area contributed by atoms with E-state index in [1.165, 1.54) is 11.0 Å². The highest BCUT2D eigenvalue weighted by atomic mass is 19.1. The van der Waals surface area contributed by atoms with Gasteiger partial charge in [0.05, 0.1) is 0 Å². The Morgan fingerprint density at radius 1 is 1.42 bits per heavy atom. The summed E-state index contributed by atoms with van der Waals surface area (Å²) in [4.78, 5) is 13.2. The SMILES string of the molecule is CCN(CC/C(N)=N/O)C(=O)c1c(F)cccc1F. The standard InChI is InChI=1S/C12H15F2N3O2/c1-2-17(7-6-10(15)16-19)12(18)11-8(13)4-3-5-9(11)14/h3-5,19H,2,6-7H2,1H3,(H2,15,16). The van der Waals surface area contributed by atoms with Crippen molar-refractivity contribution >= 4 is 11.7 Å². The summed E-state index contributed by atoms with van der Waals surface area (Å²) in [7, 11) is 0. The predicted molar refractivity (Wildman–Crippen MR) is 66.0 cm³/mol. The third-order valence-corrected chi connectivity index (χ3v) is 2.61. The minimum atomic E-state index is -0.910. The fraction of sp³-hybridized carbons (Fsp3) is 0.333. The molecule has 0 aliphatic rings. The van der Waals surface area contributed by atoms with E-state index in [1.54, 1.807) is 6.92 Å². The molecule has 0 spiro atoms. The highest BCUT2D eigenvalue weighted by Gasteiger charge is 2.22. The smallest absolute Gasteiger partial charge is 0.259 e. The second kappa shape index (κ2) is 6.67. The third-order valence-electron chi connectivity index (χ3n) is 2.61. The molecule has 5 nitrogen and oxygen atoms in total. The molecule has 1 aromatic rings. The van der Waals surface area contributed by atoms with Gasteiger partial charge in [0.15, 0.2) is 0 Å². The lowest BCUT2D eigenvalue weighted by Crippen LogP contribution is -2.35. The lowest BCUT2D eigenvalue weighted by Gasteiger charge is -2.21. The maximum absolute atomic E-state index is 13.5. The molecule has 0 aliphatic heterocycles. The van der Waals surface area contributed by atoms with Gasteiger partial charge in [-0.15, -0.1) is 0 Å². The Kier molecular flexibility index (Phi) is 5.23. The van der Waals surface area contributed by atoms with Crippen LogP contribution in [0, 0.1) is 11.6 Å². The minimum Gasteiger partial charge on any atom is -0.409 e. The number of nitrogens with two attached hydrogens (primary N) is 1. The number of rotatable bonds is 5. The molecule has 3 N–H and O–H groups in total. The van der Waals surface area contributed by atoms with Crippen LogP contribution < -0.4 is 5.73 Å². The van der Waals surface area contributed by atoms with Crippen molar-refractivity contribution in [3.05, 3.63) is 35.4 Å². The number of hydrogen-bond donors (Lipinski definition) is 2. The fourth-order valence-corrected chi connectivity index (χ4v) is 1.56. The molecule has 104 valence electrons. The molecule has 1 rings (SSSR count). The molecule has 0 bridgehead atoms. The molecule has 0 atom stereocenters. The quantitative estimate of drug-likeness (QED) is 0.369. The van der Waals surface area contributed by atoms with Gasteiger partial charge in [0.2, 0.25) is 0 Å². The number of benzene rings is 1. The second-order valence-electron chi connectivity index (χ2n) is 3.82. The summed E-state index contributed by atoms with van der Waals surface area (Å²) >= 11 is 0. The van der Waals surface area contributed by atoms with Crippen molar-refractivity contribution < 1.29 is 18.8 Å². The van der Waals surface area contributed by atoms with Gasteiger partial charge in [0.1, 0.15) is 23.0 Å². The van der Waals surface area contributed by atoms with Crippen LogP contribution >= 0.6 is 0 Å². The van der Waals surface area contributed by atoms with Crippen LogP contribution in [0.3, 0.4) is 0 Å². The van der Waals surface area contributed by atoms with Crippen LogP contribution in [0.4, 0.5) is 8.78 Å². The van der Waals surface area contributed by atoms with Gasteiger partial charge in [-0.1, -0.05) is 11.2 Å². The first-order valence-electron chi connectivity index (χ1n) is 5.71. The summed E-state index contributed by atoms with van der Waals surface area (Å²) in [5.74, 6) is -2.64. The number of amides is 1. The first-order chi connectivity index (χ1) is 9.01. The molecule has 0 fully saturated rings. The van der Waals surface area contributed by atoms with Crippen LogP contribution in [-0.4, -0.2) is 34.9 Å². The van der Waals surface area contributed by atoms with Gasteiger partial charge in [-0.3, -0.25) is 4.79 Å². The van der Waals surface area contributed by atoms with Crippen molar-refractivity contribution in [2.24, 2.45) is 10.9 Å². The van der Waals surface area contributed by atoms with Gasteiger partial charge in [-0.05, 0) is 19.1 Å². The Morgan fingerprint density at radius 3 is 2.47 bits per heavy atom. The number of carbonyl (C=O) groups excluding carboxylic acids is 1. The summed E-state index contributed by atoms with van der Waals surface area (Å²) in [5, 5.41) is 11.2. The van der Waals surface area contributed by atoms with Gasteiger partial charge < -0.3 is 15.8 Å². The summed E-state index contributed by atoms with van der Waals surface area (Å²) in [5.41, 5.74) is 4.69. The predicted octanol–water partition coefficient (Wildman–Crippen LogP) is 1.56. The normalized spacial score (nSPS) is 11.4. The van der Waals surface area contributed by atoms with E-state index < -0.39 is 23.1 Å². The van der Waals surface area contributed by atoms with Crippen LogP contribution in [0.15, 0.2) is 23.4 Å². The summed E-state index contributed by atoms with van der Waals surface area (Å²) in [6, 6.07) is 3.23. The van der Waals surface area contributed by atoms with Crippen molar-refractivity contribution in [1.29, 1.82) is 0 Å². The van der Waals surface area contributed by atoms with E-state index >= 15 is 0 Å². The zero-order valence-electron chi connectivity index (χ0n) is 10.4. The Labute approximate surface area is 109 Å². The Hall–Kier alpha value is -2.18. The van der Waals surface area contributed by atoms with E-state index in [-0.39, 0.29) is 25.3 Å². The average Bonchev–Trinajstić information content (AvgIpc) is 2.38. The highest BCUT2D eigenvalue weighted by molar-refractivity contribution is 5.95. The molecule has 0 aromatic heterocycles. The van der Waals surface area contributed by atoms with Gasteiger partial charge in [0, 0.05) is 19.5 Å². The Morgan fingerprint density at radius 2 is 2.00 bits per heavy atom. The molecular weight excluding hydrogens is 256 g/mol. The average molecular weight is 271 g/mol. The Bertz CT molecular complexity index is 472. The van der Waals surface area contributed by atoms with Crippen LogP contribution in [0.25, 0.3) is 0 Å². The molecule has 0 unspecified atom stereocenters. The first kappa shape index (κ1) is 14.9. The van der Waals surface area contributed by atoms with Crippen LogP contribution in [0.5, 0.6) is 0 Å². The molecule has 0 saturated carbocycles. The molecule has 0 aliphatic carbocycles. The third kappa shape index (κ3) is 3.64. The number of halogens is 2. The zero-order valence-corrected chi connectivity index (χ0v) is 10.4.